The third-order valence-corrected chi connectivity index (χ3v) is 4.63. The van der Waals surface area contributed by atoms with E-state index in [9.17, 15) is 18.0 Å². The molecule has 26 heavy (non-hydrogen) atoms. The van der Waals surface area contributed by atoms with Crippen LogP contribution in [0.1, 0.15) is 27.8 Å². The van der Waals surface area contributed by atoms with Gasteiger partial charge in [-0.1, -0.05) is 24.3 Å². The molecule has 1 spiro atoms. The van der Waals surface area contributed by atoms with Gasteiger partial charge in [0.25, 0.3) is 0 Å². The summed E-state index contributed by atoms with van der Waals surface area (Å²) in [6.07, 6.45) is -5.39. The van der Waals surface area contributed by atoms with E-state index < -0.39 is 23.4 Å². The molecule has 0 amide bonds. The molecule has 7 heteroatoms. The quantitative estimate of drug-likeness (QED) is 0.767. The van der Waals surface area contributed by atoms with Crippen LogP contribution in [0.15, 0.2) is 48.5 Å². The molecule has 0 bridgehead atoms. The van der Waals surface area contributed by atoms with E-state index in [0.717, 1.165) is 12.1 Å². The molecule has 1 saturated heterocycles. The second kappa shape index (κ2) is 6.10. The molecule has 2 heterocycles. The van der Waals surface area contributed by atoms with E-state index in [1.807, 2.05) is 0 Å². The third kappa shape index (κ3) is 2.87. The SMILES string of the molecule is O=C1c2ccccc2OCC12COC(c1cccc(C(F)(F)F)c1)OC2. The van der Waals surface area contributed by atoms with Crippen LogP contribution in [0.5, 0.6) is 5.75 Å². The number of ether oxygens (including phenoxy) is 3. The zero-order chi connectivity index (χ0) is 18.4. The Morgan fingerprint density at radius 2 is 1.69 bits per heavy atom. The molecule has 0 atom stereocenters. The number of para-hydroxylation sites is 1. The topological polar surface area (TPSA) is 44.8 Å². The highest BCUT2D eigenvalue weighted by Crippen LogP contribution is 2.40. The second-order valence-electron chi connectivity index (χ2n) is 6.47. The Labute approximate surface area is 147 Å². The van der Waals surface area contributed by atoms with Gasteiger partial charge in [0.2, 0.25) is 0 Å². The first kappa shape index (κ1) is 17.1. The smallest absolute Gasteiger partial charge is 0.416 e. The summed E-state index contributed by atoms with van der Waals surface area (Å²) < 4.78 is 55.5. The number of hydrogen-bond acceptors (Lipinski definition) is 4. The molecule has 2 aromatic rings. The van der Waals surface area contributed by atoms with Crippen molar-refractivity contribution in [2.75, 3.05) is 19.8 Å². The van der Waals surface area contributed by atoms with Crippen molar-refractivity contribution in [3.63, 3.8) is 0 Å². The monoisotopic (exact) mass is 364 g/mol. The lowest BCUT2D eigenvalue weighted by molar-refractivity contribution is -0.227. The van der Waals surface area contributed by atoms with Crippen molar-refractivity contribution in [1.29, 1.82) is 0 Å². The molecule has 0 radical (unpaired) electrons. The fraction of sp³-hybridized carbons (Fsp3) is 0.316. The van der Waals surface area contributed by atoms with Crippen LogP contribution in [0, 0.1) is 5.41 Å². The highest BCUT2D eigenvalue weighted by Gasteiger charge is 2.48. The van der Waals surface area contributed by atoms with Crippen LogP contribution in [0.2, 0.25) is 0 Å². The van der Waals surface area contributed by atoms with Crippen LogP contribution in [0.3, 0.4) is 0 Å². The molecule has 2 aliphatic heterocycles. The van der Waals surface area contributed by atoms with Gasteiger partial charge in [-0.15, -0.1) is 0 Å². The molecule has 2 aromatic carbocycles. The molecule has 0 unspecified atom stereocenters. The van der Waals surface area contributed by atoms with Gasteiger partial charge in [-0.3, -0.25) is 4.79 Å². The Morgan fingerprint density at radius 1 is 0.962 bits per heavy atom. The Balaban J connectivity index is 1.53. The van der Waals surface area contributed by atoms with Crippen molar-refractivity contribution in [3.8, 4) is 5.75 Å². The largest absolute Gasteiger partial charge is 0.492 e. The standard InChI is InChI=1S/C19H15F3O4/c20-19(21,22)13-5-3-4-12(8-13)17-25-10-18(11-26-17)9-24-15-7-2-1-6-14(15)16(18)23/h1-8,17H,9-11H2. The van der Waals surface area contributed by atoms with Gasteiger partial charge in [-0.25, -0.2) is 0 Å². The van der Waals surface area contributed by atoms with Gasteiger partial charge in [0.1, 0.15) is 17.8 Å². The Morgan fingerprint density at radius 3 is 2.42 bits per heavy atom. The van der Waals surface area contributed by atoms with Crippen LogP contribution >= 0.6 is 0 Å². The van der Waals surface area contributed by atoms with Gasteiger partial charge in [0, 0.05) is 5.56 Å². The predicted octanol–water partition coefficient (Wildman–Crippen LogP) is 4.01. The number of rotatable bonds is 1. The molecule has 0 N–H and O–H groups in total. The summed E-state index contributed by atoms with van der Waals surface area (Å²) >= 11 is 0. The minimum Gasteiger partial charge on any atom is -0.492 e. The van der Waals surface area contributed by atoms with Gasteiger partial charge < -0.3 is 14.2 Å². The van der Waals surface area contributed by atoms with Crippen molar-refractivity contribution in [2.24, 2.45) is 5.41 Å². The molecule has 4 rings (SSSR count). The van der Waals surface area contributed by atoms with Gasteiger partial charge in [0.05, 0.1) is 24.3 Å². The number of hydrogen-bond donors (Lipinski definition) is 0. The Hall–Kier alpha value is -2.38. The number of carbonyl (C=O) groups is 1. The maximum absolute atomic E-state index is 12.9. The zero-order valence-corrected chi connectivity index (χ0v) is 13.6. The number of Topliss-reactive ketones (excluding diaryl/α,β-unsaturated/α-hetero) is 1. The molecule has 1 fully saturated rings. The van der Waals surface area contributed by atoms with E-state index in [1.165, 1.54) is 12.1 Å². The first-order valence-corrected chi connectivity index (χ1v) is 8.06. The highest BCUT2D eigenvalue weighted by atomic mass is 19.4. The molecule has 0 saturated carbocycles. The number of alkyl halides is 3. The summed E-state index contributed by atoms with van der Waals surface area (Å²) in [4.78, 5) is 12.8. The molecule has 0 aliphatic carbocycles. The van der Waals surface area contributed by atoms with E-state index in [-0.39, 0.29) is 31.2 Å². The van der Waals surface area contributed by atoms with Crippen LogP contribution in [0.25, 0.3) is 0 Å². The van der Waals surface area contributed by atoms with Crippen molar-refractivity contribution in [1.82, 2.24) is 0 Å². The second-order valence-corrected chi connectivity index (χ2v) is 6.47. The van der Waals surface area contributed by atoms with Gasteiger partial charge in [-0.2, -0.15) is 13.2 Å². The molecule has 0 aromatic heterocycles. The van der Waals surface area contributed by atoms with Crippen LogP contribution in [0.4, 0.5) is 13.2 Å². The molecule has 4 nitrogen and oxygen atoms in total. The molecular formula is C19H15F3O4. The Kier molecular flexibility index (Phi) is 4.00. The van der Waals surface area contributed by atoms with Crippen molar-refractivity contribution in [2.45, 2.75) is 12.5 Å². The predicted molar refractivity (Wildman–Crippen MR) is 84.8 cm³/mol. The van der Waals surface area contributed by atoms with E-state index >= 15 is 0 Å². The number of carbonyl (C=O) groups excluding carboxylic acids is 1. The summed E-state index contributed by atoms with van der Waals surface area (Å²) in [6.45, 7) is 0.139. The van der Waals surface area contributed by atoms with Crippen molar-refractivity contribution < 1.29 is 32.2 Å². The lowest BCUT2D eigenvalue weighted by Gasteiger charge is -2.41. The van der Waals surface area contributed by atoms with E-state index in [4.69, 9.17) is 14.2 Å². The summed E-state index contributed by atoms with van der Waals surface area (Å²) in [5.74, 6) is 0.380. The molecule has 2 aliphatic rings. The maximum Gasteiger partial charge on any atom is 0.416 e. The lowest BCUT2D eigenvalue weighted by atomic mass is 9.80. The minimum absolute atomic E-state index is 0.0150. The number of ketones is 1. The first-order chi connectivity index (χ1) is 12.4. The Bertz CT molecular complexity index is 839. The average molecular weight is 364 g/mol. The van der Waals surface area contributed by atoms with Gasteiger partial charge >= 0.3 is 6.18 Å². The first-order valence-electron chi connectivity index (χ1n) is 8.06. The number of fused-ring (bicyclic) bond motifs is 1. The zero-order valence-electron chi connectivity index (χ0n) is 13.6. The van der Waals surface area contributed by atoms with Crippen molar-refractivity contribution >= 4 is 5.78 Å². The number of benzene rings is 2. The van der Waals surface area contributed by atoms with E-state index in [1.54, 1.807) is 24.3 Å². The average Bonchev–Trinajstić information content (AvgIpc) is 2.65. The lowest BCUT2D eigenvalue weighted by Crippen LogP contribution is -2.51. The summed E-state index contributed by atoms with van der Waals surface area (Å²) in [5.41, 5.74) is -1.02. The molecule has 136 valence electrons. The summed E-state index contributed by atoms with van der Waals surface area (Å²) in [7, 11) is 0. The van der Waals surface area contributed by atoms with E-state index in [2.05, 4.69) is 0 Å². The van der Waals surface area contributed by atoms with Crippen LogP contribution < -0.4 is 4.74 Å². The molecular weight excluding hydrogens is 349 g/mol. The summed E-state index contributed by atoms with van der Waals surface area (Å²) in [5, 5.41) is 0. The van der Waals surface area contributed by atoms with Gasteiger partial charge in [0.15, 0.2) is 12.1 Å². The van der Waals surface area contributed by atoms with Crippen molar-refractivity contribution in [3.05, 3.63) is 65.2 Å². The highest BCUT2D eigenvalue weighted by molar-refractivity contribution is 6.04. The maximum atomic E-state index is 12.9. The summed E-state index contributed by atoms with van der Waals surface area (Å²) in [6, 6.07) is 11.7. The normalized spacial score (nSPS) is 25.7. The van der Waals surface area contributed by atoms with Gasteiger partial charge in [-0.05, 0) is 24.3 Å². The fourth-order valence-electron chi connectivity index (χ4n) is 3.18. The third-order valence-electron chi connectivity index (χ3n) is 4.63. The minimum atomic E-state index is -4.44. The van der Waals surface area contributed by atoms with Crippen LogP contribution in [-0.2, 0) is 15.7 Å². The number of halogens is 3. The van der Waals surface area contributed by atoms with E-state index in [0.29, 0.717) is 11.3 Å². The fourth-order valence-corrected chi connectivity index (χ4v) is 3.18. The van der Waals surface area contributed by atoms with Crippen LogP contribution in [-0.4, -0.2) is 25.6 Å².